The first-order valence-corrected chi connectivity index (χ1v) is 7.39. The van der Waals surface area contributed by atoms with E-state index in [1.807, 2.05) is 11.8 Å². The summed E-state index contributed by atoms with van der Waals surface area (Å²) >= 11 is 0. The predicted molar refractivity (Wildman–Crippen MR) is 76.4 cm³/mol. The molecule has 1 aliphatic rings. The lowest BCUT2D eigenvalue weighted by molar-refractivity contribution is -0.141. The summed E-state index contributed by atoms with van der Waals surface area (Å²) < 4.78 is 38.9. The molecule has 0 unspecified atom stereocenters. The Labute approximate surface area is 122 Å². The van der Waals surface area contributed by atoms with Crippen LogP contribution in [0.5, 0.6) is 0 Å². The van der Waals surface area contributed by atoms with Crippen molar-refractivity contribution < 1.29 is 13.2 Å². The highest BCUT2D eigenvalue weighted by molar-refractivity contribution is 5.45. The summed E-state index contributed by atoms with van der Waals surface area (Å²) in [7, 11) is 0. The van der Waals surface area contributed by atoms with Crippen LogP contribution in [0.4, 0.5) is 24.9 Å². The molecule has 0 aromatic carbocycles. The monoisotopic (exact) mass is 302 g/mol. The Morgan fingerprint density at radius 3 is 2.48 bits per heavy atom. The fourth-order valence-electron chi connectivity index (χ4n) is 2.35. The molecule has 21 heavy (non-hydrogen) atoms. The Bertz CT molecular complexity index is 472. The number of hydrogen-bond acceptors (Lipinski definition) is 4. The maximum Gasteiger partial charge on any atom is 0.433 e. The lowest BCUT2D eigenvalue weighted by Crippen LogP contribution is -2.33. The molecular formula is C14H21F3N4. The van der Waals surface area contributed by atoms with Crippen molar-refractivity contribution in [3.05, 3.63) is 11.8 Å². The Kier molecular flexibility index (Phi) is 4.90. The van der Waals surface area contributed by atoms with E-state index in [1.165, 1.54) is 6.42 Å². The van der Waals surface area contributed by atoms with Crippen molar-refractivity contribution in [2.24, 2.45) is 5.92 Å². The number of aromatic nitrogens is 2. The first kappa shape index (κ1) is 15.9. The highest BCUT2D eigenvalue weighted by Crippen LogP contribution is 2.32. The van der Waals surface area contributed by atoms with Crippen molar-refractivity contribution in [3.63, 3.8) is 0 Å². The highest BCUT2D eigenvalue weighted by atomic mass is 19.4. The third kappa shape index (κ3) is 3.98. The van der Waals surface area contributed by atoms with Crippen LogP contribution in [0.15, 0.2) is 6.07 Å². The van der Waals surface area contributed by atoms with Crippen LogP contribution in [-0.2, 0) is 6.18 Å². The average Bonchev–Trinajstić information content (AvgIpc) is 2.36. The van der Waals surface area contributed by atoms with Crippen LogP contribution in [-0.4, -0.2) is 29.6 Å². The van der Waals surface area contributed by atoms with Gasteiger partial charge in [0.1, 0.15) is 5.82 Å². The van der Waals surface area contributed by atoms with E-state index in [2.05, 4.69) is 15.3 Å². The summed E-state index contributed by atoms with van der Waals surface area (Å²) in [6.45, 7) is 5.61. The third-order valence-electron chi connectivity index (χ3n) is 3.75. The molecule has 1 aromatic heterocycles. The SMILES string of the molecule is CCNc1nc(N(CC)CC2CCC2)cc(C(F)(F)F)n1. The van der Waals surface area contributed by atoms with Gasteiger partial charge in [-0.3, -0.25) is 0 Å². The van der Waals surface area contributed by atoms with Crippen molar-refractivity contribution in [2.75, 3.05) is 29.9 Å². The summed E-state index contributed by atoms with van der Waals surface area (Å²) in [5.41, 5.74) is -0.893. The maximum absolute atomic E-state index is 13.0. The van der Waals surface area contributed by atoms with Gasteiger partial charge in [-0.05, 0) is 32.6 Å². The van der Waals surface area contributed by atoms with Gasteiger partial charge in [0.25, 0.3) is 0 Å². The van der Waals surface area contributed by atoms with Crippen molar-refractivity contribution in [1.82, 2.24) is 9.97 Å². The molecule has 0 aliphatic heterocycles. The van der Waals surface area contributed by atoms with Crippen LogP contribution in [0, 0.1) is 5.92 Å². The van der Waals surface area contributed by atoms with Crippen molar-refractivity contribution in [3.8, 4) is 0 Å². The van der Waals surface area contributed by atoms with Gasteiger partial charge in [-0.2, -0.15) is 18.2 Å². The van der Waals surface area contributed by atoms with Gasteiger partial charge in [0.2, 0.25) is 5.95 Å². The predicted octanol–water partition coefficient (Wildman–Crippen LogP) is 3.55. The minimum absolute atomic E-state index is 0.0365. The molecule has 0 spiro atoms. The first-order chi connectivity index (χ1) is 9.94. The molecule has 1 saturated carbocycles. The van der Waals surface area contributed by atoms with Crippen molar-refractivity contribution >= 4 is 11.8 Å². The molecule has 4 nitrogen and oxygen atoms in total. The molecule has 118 valence electrons. The molecule has 0 bridgehead atoms. The normalized spacial score (nSPS) is 15.7. The van der Waals surface area contributed by atoms with E-state index in [9.17, 15) is 13.2 Å². The minimum atomic E-state index is -4.46. The Morgan fingerprint density at radius 1 is 1.29 bits per heavy atom. The second kappa shape index (κ2) is 6.49. The third-order valence-corrected chi connectivity index (χ3v) is 3.75. The lowest BCUT2D eigenvalue weighted by Gasteiger charge is -2.32. The summed E-state index contributed by atoms with van der Waals surface area (Å²) in [5, 5.41) is 2.77. The Balaban J connectivity index is 2.28. The van der Waals surface area contributed by atoms with Gasteiger partial charge >= 0.3 is 6.18 Å². The molecular weight excluding hydrogens is 281 g/mol. The van der Waals surface area contributed by atoms with Crippen LogP contribution >= 0.6 is 0 Å². The quantitative estimate of drug-likeness (QED) is 0.872. The zero-order valence-electron chi connectivity index (χ0n) is 12.4. The number of anilines is 2. The van der Waals surface area contributed by atoms with E-state index in [4.69, 9.17) is 0 Å². The van der Waals surface area contributed by atoms with Crippen LogP contribution in [0.25, 0.3) is 0 Å². The smallest absolute Gasteiger partial charge is 0.356 e. The minimum Gasteiger partial charge on any atom is -0.356 e. The van der Waals surface area contributed by atoms with Gasteiger partial charge in [-0.1, -0.05) is 6.42 Å². The summed E-state index contributed by atoms with van der Waals surface area (Å²) in [6, 6.07) is 1.04. The second-order valence-corrected chi connectivity index (χ2v) is 5.30. The second-order valence-electron chi connectivity index (χ2n) is 5.30. The molecule has 1 heterocycles. The Morgan fingerprint density at radius 2 is 2.00 bits per heavy atom. The number of rotatable bonds is 6. The number of hydrogen-bond donors (Lipinski definition) is 1. The molecule has 1 fully saturated rings. The van der Waals surface area contributed by atoms with Gasteiger partial charge in [0, 0.05) is 25.7 Å². The van der Waals surface area contributed by atoms with Gasteiger partial charge in [-0.25, -0.2) is 4.98 Å². The van der Waals surface area contributed by atoms with E-state index in [-0.39, 0.29) is 5.95 Å². The summed E-state index contributed by atoms with van der Waals surface area (Å²) in [4.78, 5) is 9.68. The van der Waals surface area contributed by atoms with Gasteiger partial charge in [-0.15, -0.1) is 0 Å². The van der Waals surface area contributed by atoms with Gasteiger partial charge in [0.05, 0.1) is 0 Å². The molecule has 0 radical (unpaired) electrons. The van der Waals surface area contributed by atoms with Gasteiger partial charge in [0.15, 0.2) is 5.69 Å². The molecule has 7 heteroatoms. The molecule has 2 rings (SSSR count). The molecule has 0 amide bonds. The fraction of sp³-hybridized carbons (Fsp3) is 0.714. The van der Waals surface area contributed by atoms with Crippen LogP contribution < -0.4 is 10.2 Å². The number of nitrogens with one attached hydrogen (secondary N) is 1. The molecule has 1 aromatic rings. The van der Waals surface area contributed by atoms with Crippen molar-refractivity contribution in [1.29, 1.82) is 0 Å². The summed E-state index contributed by atoms with van der Waals surface area (Å²) in [5.74, 6) is 0.953. The summed E-state index contributed by atoms with van der Waals surface area (Å²) in [6.07, 6.45) is -0.957. The van der Waals surface area contributed by atoms with E-state index in [0.29, 0.717) is 24.8 Å². The standard InChI is InChI=1S/C14H21F3N4/c1-3-18-13-19-11(14(15,16)17)8-12(20-13)21(4-2)9-10-6-5-7-10/h8,10H,3-7,9H2,1-2H3,(H,18,19,20). The van der Waals surface area contributed by atoms with Gasteiger partial charge < -0.3 is 10.2 Å². The highest BCUT2D eigenvalue weighted by Gasteiger charge is 2.34. The molecule has 0 saturated heterocycles. The molecule has 1 N–H and O–H groups in total. The zero-order valence-corrected chi connectivity index (χ0v) is 12.4. The number of alkyl halides is 3. The average molecular weight is 302 g/mol. The van der Waals surface area contributed by atoms with E-state index in [0.717, 1.165) is 25.5 Å². The van der Waals surface area contributed by atoms with Crippen LogP contribution in [0.1, 0.15) is 38.8 Å². The van der Waals surface area contributed by atoms with Crippen LogP contribution in [0.3, 0.4) is 0 Å². The largest absolute Gasteiger partial charge is 0.433 e. The fourth-order valence-corrected chi connectivity index (χ4v) is 2.35. The number of halogens is 3. The molecule has 1 aliphatic carbocycles. The van der Waals surface area contributed by atoms with Crippen molar-refractivity contribution in [2.45, 2.75) is 39.3 Å². The lowest BCUT2D eigenvalue weighted by atomic mass is 9.85. The molecule has 0 atom stereocenters. The topological polar surface area (TPSA) is 41.1 Å². The zero-order chi connectivity index (χ0) is 15.5. The van der Waals surface area contributed by atoms with E-state index < -0.39 is 11.9 Å². The van der Waals surface area contributed by atoms with E-state index >= 15 is 0 Å². The maximum atomic E-state index is 13.0. The number of nitrogens with zero attached hydrogens (tertiary/aromatic N) is 3. The Hall–Kier alpha value is -1.53. The van der Waals surface area contributed by atoms with Crippen LogP contribution in [0.2, 0.25) is 0 Å². The van der Waals surface area contributed by atoms with E-state index in [1.54, 1.807) is 6.92 Å². The first-order valence-electron chi connectivity index (χ1n) is 7.39.